The number of carbonyl (C=O) groups is 1. The van der Waals surface area contributed by atoms with E-state index >= 15 is 0 Å². The highest BCUT2D eigenvalue weighted by Gasteiger charge is 2.26. The maximum atomic E-state index is 12.6. The molecule has 0 spiro atoms. The molecule has 0 bridgehead atoms. The van der Waals surface area contributed by atoms with Crippen LogP contribution < -0.4 is 0 Å². The number of phosphoric ester groups is 1. The lowest BCUT2D eigenvalue weighted by atomic mass is 10.1. The average molecular weight is 785 g/mol. The highest BCUT2D eigenvalue weighted by molar-refractivity contribution is 7.47. The predicted octanol–water partition coefficient (Wildman–Crippen LogP) is 11.8. The number of hydrogen-bond acceptors (Lipinski definition) is 8. The summed E-state index contributed by atoms with van der Waals surface area (Å²) >= 11 is 0. The van der Waals surface area contributed by atoms with Crippen LogP contribution in [-0.4, -0.2) is 66.3 Å². The number of aliphatic hydroxyl groups excluding tert-OH is 2. The van der Waals surface area contributed by atoms with E-state index in [-0.39, 0.29) is 19.6 Å². The first-order chi connectivity index (χ1) is 26.3. The smallest absolute Gasteiger partial charge is 0.457 e. The Morgan fingerprint density at radius 3 is 1.48 bits per heavy atom. The van der Waals surface area contributed by atoms with Crippen LogP contribution in [0, 0.1) is 0 Å². The molecule has 0 fully saturated rings. The molecule has 9 nitrogen and oxygen atoms in total. The van der Waals surface area contributed by atoms with Gasteiger partial charge in [-0.05, 0) is 77.0 Å². The maximum absolute atomic E-state index is 12.6. The second-order valence-electron chi connectivity index (χ2n) is 14.4. The molecular formula is C44H81O9P. The van der Waals surface area contributed by atoms with Crippen LogP contribution in [0.25, 0.3) is 0 Å². The third-order valence-electron chi connectivity index (χ3n) is 8.99. The SMILES string of the molecule is CCCCC/C=C\C/C=C\CCCCCCCCCC(=O)OC(COCCCCCCCC/C=C\C/C=C\CCCCC)COP(=O)(O)OCC(O)CO. The standard InChI is InChI=1S/C44H81O9P/c1-3-5-7-9-11-13-15-17-19-21-22-24-26-28-30-32-34-36-44(47)53-43(41-52-54(48,49)51-39-42(46)38-45)40-50-37-35-33-31-29-27-25-23-20-18-16-14-12-10-8-6-4-2/h11-14,17-20,42-43,45-46H,3-10,15-16,21-41H2,1-2H3,(H,48,49)/b13-11-,14-12-,19-17-,20-18-. The van der Waals surface area contributed by atoms with Gasteiger partial charge in [0.1, 0.15) is 12.2 Å². The first-order valence-corrected chi connectivity index (χ1v) is 23.1. The number of hydrogen-bond donors (Lipinski definition) is 3. The van der Waals surface area contributed by atoms with Crippen LogP contribution in [0.15, 0.2) is 48.6 Å². The van der Waals surface area contributed by atoms with Crippen molar-refractivity contribution in [3.63, 3.8) is 0 Å². The van der Waals surface area contributed by atoms with Crippen LogP contribution >= 0.6 is 7.82 Å². The van der Waals surface area contributed by atoms with Crippen LogP contribution in [0.1, 0.15) is 181 Å². The second kappa shape index (κ2) is 41.1. The summed E-state index contributed by atoms with van der Waals surface area (Å²) in [6.07, 6.45) is 44.9. The molecule has 0 aliphatic carbocycles. The van der Waals surface area contributed by atoms with E-state index in [1.165, 1.54) is 89.9 Å². The number of carbonyl (C=O) groups excluding carboxylic acids is 1. The first-order valence-electron chi connectivity index (χ1n) is 21.6. The number of aliphatic hydroxyl groups is 2. The molecule has 0 aliphatic rings. The fourth-order valence-corrected chi connectivity index (χ4v) is 6.44. The van der Waals surface area contributed by atoms with Crippen LogP contribution in [0.3, 0.4) is 0 Å². The van der Waals surface area contributed by atoms with Crippen LogP contribution in [0.2, 0.25) is 0 Å². The lowest BCUT2D eigenvalue weighted by molar-refractivity contribution is -0.154. The molecule has 3 N–H and O–H groups in total. The van der Waals surface area contributed by atoms with E-state index in [1.54, 1.807) is 0 Å². The zero-order valence-electron chi connectivity index (χ0n) is 34.4. The van der Waals surface area contributed by atoms with E-state index in [1.807, 2.05) is 0 Å². The minimum Gasteiger partial charge on any atom is -0.457 e. The molecule has 0 aromatic heterocycles. The molecule has 0 amide bonds. The minimum atomic E-state index is -4.52. The van der Waals surface area contributed by atoms with Crippen molar-refractivity contribution in [1.82, 2.24) is 0 Å². The molecular weight excluding hydrogens is 703 g/mol. The topological polar surface area (TPSA) is 132 Å². The van der Waals surface area contributed by atoms with Crippen molar-refractivity contribution in [2.75, 3.05) is 33.0 Å². The Balaban J connectivity index is 4.21. The molecule has 10 heteroatoms. The van der Waals surface area contributed by atoms with E-state index in [9.17, 15) is 19.4 Å². The largest absolute Gasteiger partial charge is 0.472 e. The van der Waals surface area contributed by atoms with E-state index in [0.717, 1.165) is 70.6 Å². The van der Waals surface area contributed by atoms with Gasteiger partial charge >= 0.3 is 13.8 Å². The molecule has 3 unspecified atom stereocenters. The third-order valence-corrected chi connectivity index (χ3v) is 9.94. The van der Waals surface area contributed by atoms with Gasteiger partial charge in [0, 0.05) is 13.0 Å². The number of rotatable bonds is 41. The molecule has 54 heavy (non-hydrogen) atoms. The molecule has 0 aromatic rings. The number of ether oxygens (including phenoxy) is 2. The molecule has 316 valence electrons. The van der Waals surface area contributed by atoms with E-state index in [2.05, 4.69) is 62.5 Å². The summed E-state index contributed by atoms with van der Waals surface area (Å²) in [4.78, 5) is 22.6. The van der Waals surface area contributed by atoms with Gasteiger partial charge in [-0.15, -0.1) is 0 Å². The Hall–Kier alpha value is -1.58. The van der Waals surface area contributed by atoms with Gasteiger partial charge in [-0.25, -0.2) is 4.57 Å². The maximum Gasteiger partial charge on any atom is 0.472 e. The van der Waals surface area contributed by atoms with Crippen LogP contribution in [0.5, 0.6) is 0 Å². The zero-order chi connectivity index (χ0) is 39.6. The van der Waals surface area contributed by atoms with Crippen molar-refractivity contribution in [3.05, 3.63) is 48.6 Å². The van der Waals surface area contributed by atoms with Crippen molar-refractivity contribution in [2.24, 2.45) is 0 Å². The summed E-state index contributed by atoms with van der Waals surface area (Å²) < 4.78 is 33.3. The van der Waals surface area contributed by atoms with Gasteiger partial charge in [-0.1, -0.05) is 146 Å². The van der Waals surface area contributed by atoms with Gasteiger partial charge in [0.2, 0.25) is 0 Å². The van der Waals surface area contributed by atoms with Crippen LogP contribution in [0.4, 0.5) is 0 Å². The summed E-state index contributed by atoms with van der Waals surface area (Å²) in [7, 11) is -4.52. The fraction of sp³-hybridized carbons (Fsp3) is 0.795. The molecule has 0 saturated heterocycles. The van der Waals surface area contributed by atoms with Gasteiger partial charge in [-0.3, -0.25) is 13.8 Å². The lowest BCUT2D eigenvalue weighted by Gasteiger charge is -2.20. The molecule has 0 radical (unpaired) electrons. The summed E-state index contributed by atoms with van der Waals surface area (Å²) in [5, 5.41) is 18.3. The normalized spacial score (nSPS) is 14.5. The Morgan fingerprint density at radius 1 is 0.574 bits per heavy atom. The van der Waals surface area contributed by atoms with Gasteiger partial charge in [-0.2, -0.15) is 0 Å². The number of allylic oxidation sites excluding steroid dienone is 8. The quantitative estimate of drug-likeness (QED) is 0.0240. The number of phosphoric acid groups is 1. The molecule has 0 aromatic carbocycles. The summed E-state index contributed by atoms with van der Waals surface area (Å²) in [5.74, 6) is -0.395. The fourth-order valence-electron chi connectivity index (χ4n) is 5.65. The van der Waals surface area contributed by atoms with Crippen molar-refractivity contribution in [1.29, 1.82) is 0 Å². The molecule has 0 heterocycles. The van der Waals surface area contributed by atoms with Gasteiger partial charge < -0.3 is 24.6 Å². The molecule has 0 rings (SSSR count). The van der Waals surface area contributed by atoms with Gasteiger partial charge in [0.25, 0.3) is 0 Å². The Labute approximate surface area is 330 Å². The molecule has 0 aliphatic heterocycles. The predicted molar refractivity (Wildman–Crippen MR) is 223 cm³/mol. The van der Waals surface area contributed by atoms with E-state index in [0.29, 0.717) is 6.61 Å². The van der Waals surface area contributed by atoms with Crippen molar-refractivity contribution >= 4 is 13.8 Å². The number of esters is 1. The Morgan fingerprint density at radius 2 is 1.00 bits per heavy atom. The first kappa shape index (κ1) is 52.4. The highest BCUT2D eigenvalue weighted by Crippen LogP contribution is 2.43. The third kappa shape index (κ3) is 40.1. The van der Waals surface area contributed by atoms with Crippen molar-refractivity contribution in [3.8, 4) is 0 Å². The van der Waals surface area contributed by atoms with Gasteiger partial charge in [0.15, 0.2) is 0 Å². The summed E-state index contributed by atoms with van der Waals surface area (Å²) in [5.41, 5.74) is 0. The van der Waals surface area contributed by atoms with E-state index in [4.69, 9.17) is 23.6 Å². The van der Waals surface area contributed by atoms with Crippen molar-refractivity contribution < 1.29 is 43.0 Å². The van der Waals surface area contributed by atoms with E-state index < -0.39 is 39.2 Å². The zero-order valence-corrected chi connectivity index (χ0v) is 35.3. The van der Waals surface area contributed by atoms with Gasteiger partial charge in [0.05, 0.1) is 26.4 Å². The minimum absolute atomic E-state index is 0.0379. The number of unbranched alkanes of at least 4 members (excludes halogenated alkanes) is 19. The van der Waals surface area contributed by atoms with Crippen molar-refractivity contribution in [2.45, 2.75) is 193 Å². The average Bonchev–Trinajstić information content (AvgIpc) is 3.16. The lowest BCUT2D eigenvalue weighted by Crippen LogP contribution is -2.29. The highest BCUT2D eigenvalue weighted by atomic mass is 31.2. The molecule has 3 atom stereocenters. The second-order valence-corrected chi connectivity index (χ2v) is 15.8. The Kier molecular flexibility index (Phi) is 39.9. The van der Waals surface area contributed by atoms with Crippen LogP contribution in [-0.2, 0) is 27.9 Å². The summed E-state index contributed by atoms with van der Waals surface area (Å²) in [6.45, 7) is 3.43. The monoisotopic (exact) mass is 785 g/mol. The molecule has 0 saturated carbocycles. The summed E-state index contributed by atoms with van der Waals surface area (Å²) in [6, 6.07) is 0. The Bertz CT molecular complexity index is 981.